The molecule has 220 valence electrons. The van der Waals surface area contributed by atoms with Crippen molar-refractivity contribution >= 4 is 17.7 Å². The highest BCUT2D eigenvalue weighted by Gasteiger charge is 2.34. The standard InChI is InChI=1S/C29H27F4N5O4/c1-3-37-25(18-42-17-19-10-6-5-7-11-19)36-38(28(37)40)26-22(30)16-20(23(34-26)14-15-41-4-2)27(39)35-24-13-9-8-12-21(24)29(31,32)33/h5-16H,3-4,17-18H2,1-2H3,(H,35,39). The molecule has 0 fully saturated rings. The Balaban J connectivity index is 1.69. The SMILES string of the molecule is CCOC=Cc1nc(-n2nc(COCc3ccccc3)n(CC)c2=O)c(F)cc1C(=O)Nc1ccccc1C(F)(F)F. The van der Waals surface area contributed by atoms with Gasteiger partial charge in [0, 0.05) is 6.54 Å². The molecule has 1 N–H and O–H groups in total. The number of amides is 1. The van der Waals surface area contributed by atoms with Gasteiger partial charge < -0.3 is 14.8 Å². The molecule has 13 heteroatoms. The Kier molecular flexibility index (Phi) is 9.53. The van der Waals surface area contributed by atoms with Gasteiger partial charge in [0.2, 0.25) is 0 Å². The molecule has 0 aliphatic carbocycles. The molecule has 0 saturated heterocycles. The van der Waals surface area contributed by atoms with Gasteiger partial charge in [-0.3, -0.25) is 9.36 Å². The molecule has 2 heterocycles. The molecule has 0 unspecified atom stereocenters. The van der Waals surface area contributed by atoms with E-state index < -0.39 is 46.2 Å². The number of anilines is 1. The van der Waals surface area contributed by atoms with Crippen molar-refractivity contribution < 1.29 is 31.8 Å². The molecule has 2 aromatic heterocycles. The Morgan fingerprint density at radius 3 is 2.45 bits per heavy atom. The Morgan fingerprint density at radius 1 is 1.05 bits per heavy atom. The van der Waals surface area contributed by atoms with E-state index in [0.717, 1.165) is 28.4 Å². The second-order valence-corrected chi connectivity index (χ2v) is 8.82. The fourth-order valence-electron chi connectivity index (χ4n) is 4.02. The first-order valence-corrected chi connectivity index (χ1v) is 12.9. The van der Waals surface area contributed by atoms with Crippen LogP contribution in [0.1, 0.15) is 46.9 Å². The number of hydrogen-bond acceptors (Lipinski definition) is 6. The van der Waals surface area contributed by atoms with Crippen molar-refractivity contribution in [3.05, 3.63) is 111 Å². The van der Waals surface area contributed by atoms with Crippen molar-refractivity contribution in [2.24, 2.45) is 0 Å². The molecule has 0 aliphatic heterocycles. The number of aromatic nitrogens is 4. The second kappa shape index (κ2) is 13.3. The lowest BCUT2D eigenvalue weighted by molar-refractivity contribution is -0.136. The highest BCUT2D eigenvalue weighted by molar-refractivity contribution is 6.06. The Bertz CT molecular complexity index is 1630. The topological polar surface area (TPSA) is 100 Å². The summed E-state index contributed by atoms with van der Waals surface area (Å²) in [5.74, 6) is -2.45. The number of hydrogen-bond donors (Lipinski definition) is 1. The van der Waals surface area contributed by atoms with E-state index in [-0.39, 0.29) is 37.9 Å². The predicted octanol–water partition coefficient (Wildman–Crippen LogP) is 5.58. The van der Waals surface area contributed by atoms with Gasteiger partial charge in [0.1, 0.15) is 6.61 Å². The Morgan fingerprint density at radius 2 is 1.76 bits per heavy atom. The molecule has 9 nitrogen and oxygen atoms in total. The Hall–Kier alpha value is -4.78. The summed E-state index contributed by atoms with van der Waals surface area (Å²) >= 11 is 0. The number of nitrogens with zero attached hydrogens (tertiary/aromatic N) is 4. The van der Waals surface area contributed by atoms with Gasteiger partial charge in [-0.15, -0.1) is 5.10 Å². The van der Waals surface area contributed by atoms with Crippen molar-refractivity contribution in [3.8, 4) is 5.82 Å². The number of alkyl halides is 3. The minimum Gasteiger partial charge on any atom is -0.501 e. The van der Waals surface area contributed by atoms with Gasteiger partial charge in [-0.25, -0.2) is 14.2 Å². The molecule has 42 heavy (non-hydrogen) atoms. The van der Waals surface area contributed by atoms with Crippen molar-refractivity contribution in [2.75, 3.05) is 11.9 Å². The highest BCUT2D eigenvalue weighted by atomic mass is 19.4. The van der Waals surface area contributed by atoms with Crippen LogP contribution in [0, 0.1) is 5.82 Å². The minimum absolute atomic E-state index is 0.0528. The summed E-state index contributed by atoms with van der Waals surface area (Å²) in [5.41, 5.74) is -1.93. The average molecular weight is 586 g/mol. The molecule has 0 aliphatic rings. The van der Waals surface area contributed by atoms with E-state index in [4.69, 9.17) is 9.47 Å². The fraction of sp³-hybridized carbons (Fsp3) is 0.241. The molecular weight excluding hydrogens is 558 g/mol. The zero-order valence-corrected chi connectivity index (χ0v) is 22.7. The lowest BCUT2D eigenvalue weighted by Crippen LogP contribution is -2.26. The van der Waals surface area contributed by atoms with Crippen LogP contribution in [0.5, 0.6) is 0 Å². The van der Waals surface area contributed by atoms with Crippen LogP contribution in [0.3, 0.4) is 0 Å². The third kappa shape index (κ3) is 6.92. The number of carbonyl (C=O) groups is 1. The molecule has 2 aromatic carbocycles. The van der Waals surface area contributed by atoms with Crippen LogP contribution < -0.4 is 11.0 Å². The zero-order valence-electron chi connectivity index (χ0n) is 22.7. The molecule has 0 spiro atoms. The summed E-state index contributed by atoms with van der Waals surface area (Å²) in [6, 6.07) is 14.5. The maximum Gasteiger partial charge on any atom is 0.418 e. The second-order valence-electron chi connectivity index (χ2n) is 8.82. The number of nitrogens with one attached hydrogen (secondary N) is 1. The molecule has 0 radical (unpaired) electrons. The monoisotopic (exact) mass is 585 g/mol. The molecule has 0 saturated carbocycles. The summed E-state index contributed by atoms with van der Waals surface area (Å²) in [4.78, 5) is 30.4. The van der Waals surface area contributed by atoms with E-state index >= 15 is 4.39 Å². The summed E-state index contributed by atoms with van der Waals surface area (Å²) < 4.78 is 68.7. The van der Waals surface area contributed by atoms with E-state index in [1.54, 1.807) is 13.8 Å². The zero-order chi connectivity index (χ0) is 30.3. The van der Waals surface area contributed by atoms with Gasteiger partial charge in [0.25, 0.3) is 5.91 Å². The summed E-state index contributed by atoms with van der Waals surface area (Å²) in [6.45, 7) is 4.08. The van der Waals surface area contributed by atoms with E-state index in [9.17, 15) is 22.8 Å². The normalized spacial score (nSPS) is 11.7. The van der Waals surface area contributed by atoms with E-state index in [2.05, 4.69) is 15.4 Å². The third-order valence-corrected chi connectivity index (χ3v) is 6.00. The molecular formula is C29H27F4N5O4. The molecule has 4 rings (SSSR count). The van der Waals surface area contributed by atoms with Crippen LogP contribution in [0.2, 0.25) is 0 Å². The van der Waals surface area contributed by atoms with Crippen molar-refractivity contribution in [1.29, 1.82) is 0 Å². The summed E-state index contributed by atoms with van der Waals surface area (Å²) in [6.07, 6.45) is -2.31. The van der Waals surface area contributed by atoms with Crippen LogP contribution in [-0.4, -0.2) is 31.8 Å². The first kappa shape index (κ1) is 30.2. The van der Waals surface area contributed by atoms with Crippen LogP contribution in [0.25, 0.3) is 11.9 Å². The maximum atomic E-state index is 15.5. The van der Waals surface area contributed by atoms with Gasteiger partial charge in [-0.1, -0.05) is 42.5 Å². The number of carbonyl (C=O) groups excluding carboxylic acids is 1. The van der Waals surface area contributed by atoms with Crippen molar-refractivity contribution in [3.63, 3.8) is 0 Å². The van der Waals surface area contributed by atoms with Gasteiger partial charge in [0.05, 0.1) is 42.0 Å². The first-order chi connectivity index (χ1) is 20.1. The lowest BCUT2D eigenvalue weighted by Gasteiger charge is -2.14. The fourth-order valence-corrected chi connectivity index (χ4v) is 4.02. The van der Waals surface area contributed by atoms with E-state index in [1.807, 2.05) is 30.3 Å². The van der Waals surface area contributed by atoms with Crippen LogP contribution in [0.4, 0.5) is 23.2 Å². The Labute approximate surface area is 238 Å². The number of ether oxygens (including phenoxy) is 2. The predicted molar refractivity (Wildman–Crippen MR) is 146 cm³/mol. The van der Waals surface area contributed by atoms with Crippen LogP contribution in [-0.2, 0) is 35.4 Å². The van der Waals surface area contributed by atoms with Gasteiger partial charge in [0.15, 0.2) is 17.5 Å². The van der Waals surface area contributed by atoms with Gasteiger partial charge in [-0.2, -0.15) is 17.9 Å². The smallest absolute Gasteiger partial charge is 0.418 e. The average Bonchev–Trinajstić information content (AvgIpc) is 3.28. The summed E-state index contributed by atoms with van der Waals surface area (Å²) in [5, 5.41) is 6.40. The van der Waals surface area contributed by atoms with Crippen LogP contribution in [0.15, 0.2) is 71.7 Å². The van der Waals surface area contributed by atoms with Crippen LogP contribution >= 0.6 is 0 Å². The maximum absolute atomic E-state index is 15.5. The minimum atomic E-state index is -4.74. The number of halogens is 4. The molecule has 4 aromatic rings. The van der Waals surface area contributed by atoms with E-state index in [0.29, 0.717) is 0 Å². The third-order valence-electron chi connectivity index (χ3n) is 6.00. The summed E-state index contributed by atoms with van der Waals surface area (Å²) in [7, 11) is 0. The number of rotatable bonds is 11. The quantitative estimate of drug-likeness (QED) is 0.182. The van der Waals surface area contributed by atoms with Gasteiger partial charge in [-0.05, 0) is 43.7 Å². The van der Waals surface area contributed by atoms with Crippen molar-refractivity contribution in [1.82, 2.24) is 19.3 Å². The largest absolute Gasteiger partial charge is 0.501 e. The molecule has 0 atom stereocenters. The first-order valence-electron chi connectivity index (χ1n) is 12.9. The van der Waals surface area contributed by atoms with Gasteiger partial charge >= 0.3 is 11.9 Å². The number of para-hydroxylation sites is 1. The molecule has 0 bridgehead atoms. The molecule has 1 amide bonds. The number of pyridine rings is 1. The van der Waals surface area contributed by atoms with E-state index in [1.165, 1.54) is 29.0 Å². The van der Waals surface area contributed by atoms with Crippen molar-refractivity contribution in [2.45, 2.75) is 39.8 Å². The highest BCUT2D eigenvalue weighted by Crippen LogP contribution is 2.35. The number of benzene rings is 2. The lowest BCUT2D eigenvalue weighted by atomic mass is 10.1.